The normalized spacial score (nSPS) is 10.7. The van der Waals surface area contributed by atoms with Crippen LogP contribution in [0.1, 0.15) is 30.3 Å². The third kappa shape index (κ3) is 3.60. The van der Waals surface area contributed by atoms with E-state index in [2.05, 4.69) is 53.3 Å². The topological polar surface area (TPSA) is 41.6 Å². The number of hydrogen-bond acceptors (Lipinski definition) is 3. The van der Waals surface area contributed by atoms with Crippen LogP contribution in [0.4, 0.5) is 0 Å². The summed E-state index contributed by atoms with van der Waals surface area (Å²) in [6.45, 7) is 4.24. The van der Waals surface area contributed by atoms with E-state index in [4.69, 9.17) is 0 Å². The van der Waals surface area contributed by atoms with Gasteiger partial charge in [-0.3, -0.25) is 5.10 Å². The summed E-state index contributed by atoms with van der Waals surface area (Å²) in [5, 5.41) is 8.01. The van der Waals surface area contributed by atoms with Crippen LogP contribution in [0.2, 0.25) is 0 Å². The monoisotopic (exact) mass is 247 g/mol. The number of benzene rings is 1. The molecule has 1 aromatic heterocycles. The molecule has 17 heavy (non-hydrogen) atoms. The summed E-state index contributed by atoms with van der Waals surface area (Å²) in [6, 6.07) is 8.58. The van der Waals surface area contributed by atoms with Gasteiger partial charge in [0.05, 0.1) is 0 Å². The molecular weight excluding hydrogens is 230 g/mol. The third-order valence-corrected chi connectivity index (χ3v) is 3.40. The molecule has 0 saturated carbocycles. The van der Waals surface area contributed by atoms with Gasteiger partial charge in [-0.05, 0) is 18.9 Å². The van der Waals surface area contributed by atoms with Crippen molar-refractivity contribution in [2.75, 3.05) is 0 Å². The summed E-state index contributed by atoms with van der Waals surface area (Å²) < 4.78 is 0. The second-order valence-corrected chi connectivity index (χ2v) is 5.03. The van der Waals surface area contributed by atoms with Crippen molar-refractivity contribution < 1.29 is 0 Å². The van der Waals surface area contributed by atoms with Gasteiger partial charge in [-0.15, -0.1) is 5.10 Å². The zero-order chi connectivity index (χ0) is 12.1. The Morgan fingerprint density at radius 1 is 1.24 bits per heavy atom. The smallest absolute Gasteiger partial charge is 0.208 e. The summed E-state index contributed by atoms with van der Waals surface area (Å²) in [7, 11) is 0. The molecule has 4 heteroatoms. The van der Waals surface area contributed by atoms with E-state index in [1.807, 2.05) is 0 Å². The minimum Gasteiger partial charge on any atom is -0.262 e. The van der Waals surface area contributed by atoms with E-state index in [1.54, 1.807) is 11.8 Å². The van der Waals surface area contributed by atoms with Crippen LogP contribution >= 0.6 is 11.8 Å². The number of aromatic amines is 1. The van der Waals surface area contributed by atoms with Crippen molar-refractivity contribution in [3.8, 4) is 0 Å². The van der Waals surface area contributed by atoms with Gasteiger partial charge in [-0.1, -0.05) is 48.5 Å². The first-order chi connectivity index (χ1) is 8.28. The average molecular weight is 247 g/mol. The highest BCUT2D eigenvalue weighted by Gasteiger charge is 2.03. The van der Waals surface area contributed by atoms with E-state index >= 15 is 0 Å². The molecule has 1 aromatic carbocycles. The highest BCUT2D eigenvalue weighted by Crippen LogP contribution is 2.19. The van der Waals surface area contributed by atoms with Crippen molar-refractivity contribution in [2.45, 2.75) is 37.6 Å². The zero-order valence-electron chi connectivity index (χ0n) is 10.2. The molecule has 3 nitrogen and oxygen atoms in total. The van der Waals surface area contributed by atoms with Crippen molar-refractivity contribution in [3.63, 3.8) is 0 Å². The van der Waals surface area contributed by atoms with Crippen molar-refractivity contribution in [3.05, 3.63) is 41.2 Å². The molecule has 0 amide bonds. The molecule has 0 fully saturated rings. The first-order valence-corrected chi connectivity index (χ1v) is 6.86. The lowest BCUT2D eigenvalue weighted by molar-refractivity contribution is 0.840. The highest BCUT2D eigenvalue weighted by atomic mass is 32.2. The largest absolute Gasteiger partial charge is 0.262 e. The van der Waals surface area contributed by atoms with E-state index in [1.165, 1.54) is 11.1 Å². The molecule has 0 spiro atoms. The number of nitrogens with one attached hydrogen (secondary N) is 1. The fraction of sp³-hybridized carbons (Fsp3) is 0.385. The van der Waals surface area contributed by atoms with E-state index in [-0.39, 0.29) is 0 Å². The average Bonchev–Trinajstić information content (AvgIpc) is 2.77. The molecule has 2 rings (SSSR count). The van der Waals surface area contributed by atoms with Gasteiger partial charge < -0.3 is 0 Å². The van der Waals surface area contributed by atoms with Crippen LogP contribution in [0.5, 0.6) is 0 Å². The van der Waals surface area contributed by atoms with Crippen LogP contribution in [0.3, 0.4) is 0 Å². The molecule has 0 unspecified atom stereocenters. The van der Waals surface area contributed by atoms with Crippen LogP contribution in [0.15, 0.2) is 29.4 Å². The predicted molar refractivity (Wildman–Crippen MR) is 71.1 cm³/mol. The SMILES string of the molecule is CCCc1nc(SCc2ccc(C)cc2)n[nH]1. The molecule has 0 radical (unpaired) electrons. The molecule has 0 aliphatic heterocycles. The number of H-pyrrole nitrogens is 1. The lowest BCUT2D eigenvalue weighted by atomic mass is 10.2. The Morgan fingerprint density at radius 2 is 2.00 bits per heavy atom. The van der Waals surface area contributed by atoms with Gasteiger partial charge in [-0.25, -0.2) is 4.98 Å². The number of rotatable bonds is 5. The van der Waals surface area contributed by atoms with Crippen molar-refractivity contribution in [1.82, 2.24) is 15.2 Å². The zero-order valence-corrected chi connectivity index (χ0v) is 11.0. The van der Waals surface area contributed by atoms with E-state index in [0.29, 0.717) is 0 Å². The van der Waals surface area contributed by atoms with Crippen LogP contribution in [0, 0.1) is 6.92 Å². The fourth-order valence-electron chi connectivity index (χ4n) is 1.52. The molecular formula is C13H17N3S. The maximum Gasteiger partial charge on any atom is 0.208 e. The highest BCUT2D eigenvalue weighted by molar-refractivity contribution is 7.98. The van der Waals surface area contributed by atoms with Crippen LogP contribution in [-0.4, -0.2) is 15.2 Å². The van der Waals surface area contributed by atoms with Crippen LogP contribution < -0.4 is 0 Å². The van der Waals surface area contributed by atoms with Crippen LogP contribution in [-0.2, 0) is 12.2 Å². The van der Waals surface area contributed by atoms with Gasteiger partial charge in [0.15, 0.2) is 0 Å². The van der Waals surface area contributed by atoms with Crippen molar-refractivity contribution >= 4 is 11.8 Å². The van der Waals surface area contributed by atoms with Crippen LogP contribution in [0.25, 0.3) is 0 Å². The quantitative estimate of drug-likeness (QED) is 0.824. The Balaban J connectivity index is 1.90. The molecule has 0 bridgehead atoms. The number of nitrogens with zero attached hydrogens (tertiary/aromatic N) is 2. The molecule has 1 heterocycles. The molecule has 0 atom stereocenters. The fourth-order valence-corrected chi connectivity index (χ4v) is 2.30. The maximum absolute atomic E-state index is 4.43. The number of aromatic nitrogens is 3. The lowest BCUT2D eigenvalue weighted by Crippen LogP contribution is -1.85. The third-order valence-electron chi connectivity index (χ3n) is 2.49. The molecule has 0 aliphatic rings. The van der Waals surface area contributed by atoms with Gasteiger partial charge in [0.2, 0.25) is 5.16 Å². The summed E-state index contributed by atoms with van der Waals surface area (Å²) >= 11 is 1.67. The summed E-state index contributed by atoms with van der Waals surface area (Å²) in [5.41, 5.74) is 2.60. The second-order valence-electron chi connectivity index (χ2n) is 4.09. The summed E-state index contributed by atoms with van der Waals surface area (Å²) in [5.74, 6) is 1.91. The predicted octanol–water partition coefficient (Wildman–Crippen LogP) is 3.36. The summed E-state index contributed by atoms with van der Waals surface area (Å²) in [6.07, 6.45) is 2.06. The second kappa shape index (κ2) is 5.87. The molecule has 0 saturated heterocycles. The Labute approximate surface area is 106 Å². The van der Waals surface area contributed by atoms with E-state index in [0.717, 1.165) is 29.6 Å². The van der Waals surface area contributed by atoms with Gasteiger partial charge >= 0.3 is 0 Å². The standard InChI is InChI=1S/C13H17N3S/c1-3-4-12-14-13(16-15-12)17-9-11-7-5-10(2)6-8-11/h5-8H,3-4,9H2,1-2H3,(H,14,15,16). The van der Waals surface area contributed by atoms with Crippen molar-refractivity contribution in [1.29, 1.82) is 0 Å². The summed E-state index contributed by atoms with van der Waals surface area (Å²) in [4.78, 5) is 4.43. The Bertz CT molecular complexity index is 462. The van der Waals surface area contributed by atoms with E-state index in [9.17, 15) is 0 Å². The lowest BCUT2D eigenvalue weighted by Gasteiger charge is -1.98. The van der Waals surface area contributed by atoms with Gasteiger partial charge in [-0.2, -0.15) is 0 Å². The minimum atomic E-state index is 0.842. The Morgan fingerprint density at radius 3 is 2.71 bits per heavy atom. The Kier molecular flexibility index (Phi) is 4.20. The molecule has 0 aliphatic carbocycles. The molecule has 2 aromatic rings. The van der Waals surface area contributed by atoms with Gasteiger partial charge in [0, 0.05) is 12.2 Å². The number of aryl methyl sites for hydroxylation is 2. The first-order valence-electron chi connectivity index (χ1n) is 5.87. The number of hydrogen-bond donors (Lipinski definition) is 1. The minimum absolute atomic E-state index is 0.842. The first kappa shape index (κ1) is 12.2. The van der Waals surface area contributed by atoms with Gasteiger partial charge in [0.25, 0.3) is 0 Å². The Hall–Kier alpha value is -1.29. The number of thioether (sulfide) groups is 1. The molecule has 1 N–H and O–H groups in total. The molecule has 90 valence electrons. The van der Waals surface area contributed by atoms with Crippen molar-refractivity contribution in [2.24, 2.45) is 0 Å². The van der Waals surface area contributed by atoms with Gasteiger partial charge in [0.1, 0.15) is 5.82 Å². The maximum atomic E-state index is 4.43. The van der Waals surface area contributed by atoms with E-state index < -0.39 is 0 Å².